The van der Waals surface area contributed by atoms with E-state index in [2.05, 4.69) is 36.2 Å². The highest BCUT2D eigenvalue weighted by molar-refractivity contribution is 5.98. The third kappa shape index (κ3) is 14.3. The third-order valence-electron chi connectivity index (χ3n) is 11.4. The number of H-pyrrole nitrogens is 1. The largest absolute Gasteiger partial charge is 0.504 e. The zero-order valence-electron chi connectivity index (χ0n) is 36.3. The lowest BCUT2D eigenvalue weighted by Crippen LogP contribution is -2.61. The van der Waals surface area contributed by atoms with Crippen molar-refractivity contribution in [1.29, 1.82) is 0 Å². The molecule has 3 heterocycles. The lowest BCUT2D eigenvalue weighted by molar-refractivity contribution is -0.149. The molecule has 1 aromatic heterocycles. The van der Waals surface area contributed by atoms with Crippen LogP contribution in [0.3, 0.4) is 0 Å². The number of phenols is 2. The number of carbonyl (C=O) groups excluding carboxylic acids is 6. The Morgan fingerprint density at radius 1 is 0.846 bits per heavy atom. The van der Waals surface area contributed by atoms with Crippen molar-refractivity contribution in [1.82, 2.24) is 41.0 Å². The number of aromatic hydroxyl groups is 2. The number of benzene rings is 1. The molecule has 15 N–H and O–H groups in total. The Hall–Kier alpha value is -6.98. The quantitative estimate of drug-likeness (QED) is 0.0238. The molecule has 356 valence electrons. The number of carbonyl (C=O) groups is 8. The number of nitrogens with one attached hydrogen (secondary N) is 5. The Morgan fingerprint density at radius 3 is 2.09 bits per heavy atom. The van der Waals surface area contributed by atoms with Crippen LogP contribution in [-0.4, -0.2) is 155 Å². The highest BCUT2D eigenvalue weighted by atomic mass is 16.4. The Bertz CT molecular complexity index is 2060. The summed E-state index contributed by atoms with van der Waals surface area (Å²) in [5.41, 5.74) is 17.4. The molecule has 0 radical (unpaired) electrons. The lowest BCUT2D eigenvalue weighted by atomic mass is 9.96. The third-order valence-corrected chi connectivity index (χ3v) is 11.4. The molecule has 0 saturated carbocycles. The Balaban J connectivity index is 1.60. The van der Waals surface area contributed by atoms with Gasteiger partial charge in [-0.1, -0.05) is 26.3 Å². The molecule has 0 aliphatic carbocycles. The van der Waals surface area contributed by atoms with Crippen molar-refractivity contribution in [2.45, 2.75) is 120 Å². The topological polar surface area (TPSA) is 391 Å². The number of rotatable bonds is 23. The summed E-state index contributed by atoms with van der Waals surface area (Å²) in [6.07, 6.45) is 3.46. The minimum atomic E-state index is -1.49. The van der Waals surface area contributed by atoms with Gasteiger partial charge in [0.2, 0.25) is 35.4 Å². The number of aliphatic imine (C=N–C) groups is 1. The minimum absolute atomic E-state index is 0.0209. The Morgan fingerprint density at radius 2 is 1.49 bits per heavy atom. The number of guanidine groups is 1. The average Bonchev–Trinajstić information content (AvgIpc) is 4.07. The second kappa shape index (κ2) is 23.6. The van der Waals surface area contributed by atoms with E-state index in [9.17, 15) is 53.7 Å². The minimum Gasteiger partial charge on any atom is -0.504 e. The molecule has 0 spiro atoms. The fourth-order valence-electron chi connectivity index (χ4n) is 7.75. The van der Waals surface area contributed by atoms with Gasteiger partial charge in [-0.05, 0) is 62.1 Å². The maximum absolute atomic E-state index is 14.4. The molecule has 65 heavy (non-hydrogen) atoms. The zero-order chi connectivity index (χ0) is 48.0. The van der Waals surface area contributed by atoms with Crippen LogP contribution < -0.4 is 38.5 Å². The van der Waals surface area contributed by atoms with E-state index in [0.29, 0.717) is 25.0 Å². The highest BCUT2D eigenvalue weighted by Gasteiger charge is 2.42. The van der Waals surface area contributed by atoms with Gasteiger partial charge < -0.3 is 73.7 Å². The fraction of sp³-hybridized carbons (Fsp3) is 0.561. The van der Waals surface area contributed by atoms with Crippen molar-refractivity contribution in [2.24, 2.45) is 28.1 Å². The summed E-state index contributed by atoms with van der Waals surface area (Å²) in [6, 6.07) is -5.27. The second-order valence-corrected chi connectivity index (χ2v) is 16.2. The number of amides is 6. The number of aliphatic carboxylic acids is 2. The maximum atomic E-state index is 14.4. The van der Waals surface area contributed by atoms with Gasteiger partial charge in [-0.15, -0.1) is 0 Å². The number of aromatic nitrogens is 2. The molecule has 2 saturated heterocycles. The molecule has 2 aliphatic rings. The molecule has 4 rings (SSSR count). The zero-order valence-corrected chi connectivity index (χ0v) is 36.3. The van der Waals surface area contributed by atoms with Crippen molar-refractivity contribution < 1.29 is 58.8 Å². The summed E-state index contributed by atoms with van der Waals surface area (Å²) < 4.78 is 0. The molecule has 1 aromatic carbocycles. The predicted molar refractivity (Wildman–Crippen MR) is 230 cm³/mol. The van der Waals surface area contributed by atoms with Crippen LogP contribution in [0.5, 0.6) is 11.5 Å². The SMILES string of the molecule is CC[C@H](C)[C@H](NC(=O)[C@H](Cc1ccc(O)c(O)c1)NC(=O)[C@@H]1CCCN1C(=O)[C@H](CCCN=C(N)N)NC(=O)[C@@H](N)CC(=O)O)C(=O)N[C@@H](Cc1cnc[nH]1)C(=O)N1CCC[C@H]1C(=O)O. The smallest absolute Gasteiger partial charge is 0.326 e. The van der Waals surface area contributed by atoms with Gasteiger partial charge in [0, 0.05) is 44.4 Å². The lowest BCUT2D eigenvalue weighted by Gasteiger charge is -2.32. The molecule has 2 aliphatic heterocycles. The molecule has 0 bridgehead atoms. The number of carboxylic acid groups (broad SMARTS) is 2. The van der Waals surface area contributed by atoms with E-state index in [4.69, 9.17) is 22.3 Å². The maximum Gasteiger partial charge on any atom is 0.326 e. The fourth-order valence-corrected chi connectivity index (χ4v) is 7.75. The molecular formula is C41H60N12O12. The van der Waals surface area contributed by atoms with Crippen LogP contribution in [0.25, 0.3) is 0 Å². The van der Waals surface area contributed by atoms with Crippen molar-refractivity contribution in [2.75, 3.05) is 19.6 Å². The van der Waals surface area contributed by atoms with E-state index in [1.165, 1.54) is 40.5 Å². The van der Waals surface area contributed by atoms with Gasteiger partial charge in [0.25, 0.3) is 0 Å². The average molecular weight is 913 g/mol. The number of likely N-dealkylation sites (tertiary alicyclic amines) is 2. The van der Waals surface area contributed by atoms with Gasteiger partial charge in [0.15, 0.2) is 17.5 Å². The first kappa shape index (κ1) is 50.7. The number of hydrogen-bond donors (Lipinski definition) is 12. The van der Waals surface area contributed by atoms with Crippen LogP contribution in [0, 0.1) is 5.92 Å². The van der Waals surface area contributed by atoms with Crippen molar-refractivity contribution >= 4 is 53.3 Å². The number of phenolic OH excluding ortho intramolecular Hbond substituents is 2. The Kier molecular flexibility index (Phi) is 18.4. The first-order valence-corrected chi connectivity index (χ1v) is 21.4. The first-order chi connectivity index (χ1) is 30.8. The predicted octanol–water partition coefficient (Wildman–Crippen LogP) is -2.49. The second-order valence-electron chi connectivity index (χ2n) is 16.2. The summed E-state index contributed by atoms with van der Waals surface area (Å²) in [5.74, 6) is -8.89. The highest BCUT2D eigenvalue weighted by Crippen LogP contribution is 2.26. The van der Waals surface area contributed by atoms with Gasteiger partial charge in [-0.3, -0.25) is 38.6 Å². The van der Waals surface area contributed by atoms with Gasteiger partial charge >= 0.3 is 11.9 Å². The van der Waals surface area contributed by atoms with Gasteiger partial charge in [-0.25, -0.2) is 9.78 Å². The summed E-state index contributed by atoms with van der Waals surface area (Å²) in [4.78, 5) is 120. The molecular weight excluding hydrogens is 853 g/mol. The van der Waals surface area contributed by atoms with Crippen molar-refractivity contribution in [3.63, 3.8) is 0 Å². The van der Waals surface area contributed by atoms with E-state index >= 15 is 0 Å². The van der Waals surface area contributed by atoms with Crippen LogP contribution in [0.1, 0.15) is 76.5 Å². The van der Waals surface area contributed by atoms with E-state index in [1.54, 1.807) is 13.8 Å². The van der Waals surface area contributed by atoms with Crippen LogP contribution in [0.2, 0.25) is 0 Å². The summed E-state index contributed by atoms with van der Waals surface area (Å²) in [6.45, 7) is 3.76. The summed E-state index contributed by atoms with van der Waals surface area (Å²) >= 11 is 0. The molecule has 24 nitrogen and oxygen atoms in total. The summed E-state index contributed by atoms with van der Waals surface area (Å²) in [7, 11) is 0. The van der Waals surface area contributed by atoms with Crippen LogP contribution >= 0.6 is 0 Å². The molecule has 0 unspecified atom stereocenters. The number of nitrogens with zero attached hydrogens (tertiary/aromatic N) is 4. The van der Waals surface area contributed by atoms with Gasteiger partial charge in [0.05, 0.1) is 18.8 Å². The van der Waals surface area contributed by atoms with Crippen LogP contribution in [0.15, 0.2) is 35.7 Å². The molecule has 6 amide bonds. The Labute approximate surface area is 374 Å². The normalized spacial score (nSPS) is 18.6. The van der Waals surface area contributed by atoms with Crippen LogP contribution in [0.4, 0.5) is 0 Å². The number of imidazole rings is 1. The van der Waals surface area contributed by atoms with E-state index < -0.39 is 114 Å². The monoisotopic (exact) mass is 912 g/mol. The van der Waals surface area contributed by atoms with E-state index in [-0.39, 0.29) is 69.7 Å². The molecule has 8 atom stereocenters. The van der Waals surface area contributed by atoms with Crippen LogP contribution in [-0.2, 0) is 51.2 Å². The number of nitrogens with two attached hydrogens (primary N) is 3. The number of carboxylic acids is 2. The van der Waals surface area contributed by atoms with E-state index in [1.807, 2.05) is 0 Å². The standard InChI is InChI=1S/C41H60N12O12/c1-3-21(2)33(37(61)50-27(17-23-19-45-20-47-23)39(63)53-14-6-9-29(53)40(64)65)51-35(59)26(15-22-10-11-30(54)31(55)16-22)49-36(60)28-8-5-13-52(28)38(62)25(7-4-12-46-41(43)44)48-34(58)24(42)18-32(56)57/h10-11,16,19-21,24-29,33,54-55H,3-9,12-15,17-18,42H2,1-2H3,(H,45,47)(H,48,58)(H,49,60)(H,50,61)(H,51,59)(H,56,57)(H,64,65)(H4,43,44,46)/t21-,24-,25-,26-,27-,28-,29-,33-/m0/s1. The van der Waals surface area contributed by atoms with Gasteiger partial charge in [-0.2, -0.15) is 0 Å². The van der Waals surface area contributed by atoms with Gasteiger partial charge in [0.1, 0.15) is 36.3 Å². The first-order valence-electron chi connectivity index (χ1n) is 21.4. The van der Waals surface area contributed by atoms with Crippen molar-refractivity contribution in [3.8, 4) is 11.5 Å². The van der Waals surface area contributed by atoms with Crippen molar-refractivity contribution in [3.05, 3.63) is 42.0 Å². The number of aromatic amines is 1. The molecule has 2 fully saturated rings. The van der Waals surface area contributed by atoms with E-state index in [0.717, 1.165) is 0 Å². The summed E-state index contributed by atoms with van der Waals surface area (Å²) in [5, 5.41) is 49.8. The number of hydrogen-bond acceptors (Lipinski definition) is 13. The molecule has 24 heteroatoms. The molecule has 2 aromatic rings.